The van der Waals surface area contributed by atoms with Crippen LogP contribution in [-0.4, -0.2) is 36.3 Å². The molecule has 3 nitrogen and oxygen atoms in total. The fourth-order valence-electron chi connectivity index (χ4n) is 4.81. The van der Waals surface area contributed by atoms with Crippen molar-refractivity contribution in [3.8, 4) is 0 Å². The second-order valence-electron chi connectivity index (χ2n) is 9.57. The van der Waals surface area contributed by atoms with Crippen LogP contribution in [0.5, 0.6) is 0 Å². The van der Waals surface area contributed by atoms with Crippen LogP contribution in [-0.2, 0) is 15.9 Å². The number of nitrogens with zero attached hydrogens (tertiary/aromatic N) is 1. The number of rotatable bonds is 3. The number of benzene rings is 1. The van der Waals surface area contributed by atoms with Crippen LogP contribution < -0.4 is 5.46 Å². The van der Waals surface area contributed by atoms with Crippen LogP contribution in [0.15, 0.2) is 18.2 Å². The number of likely N-dealkylation sites (tertiary alicyclic amines) is 1. The van der Waals surface area contributed by atoms with Crippen LogP contribution >= 0.6 is 0 Å². The molecule has 0 spiro atoms. The lowest BCUT2D eigenvalue weighted by molar-refractivity contribution is 0.00578. The maximum absolute atomic E-state index is 14.3. The van der Waals surface area contributed by atoms with Crippen LogP contribution in [0.25, 0.3) is 0 Å². The Bertz CT molecular complexity index is 650. The van der Waals surface area contributed by atoms with Gasteiger partial charge in [-0.15, -0.1) is 0 Å². The smallest absolute Gasteiger partial charge is 0.399 e. The number of piperidine rings is 1. The Morgan fingerprint density at radius 3 is 2.27 bits per heavy atom. The summed E-state index contributed by atoms with van der Waals surface area (Å²) in [5.74, 6) is 1.46. The first-order chi connectivity index (χ1) is 12.2. The van der Waals surface area contributed by atoms with E-state index in [-0.39, 0.29) is 5.82 Å². The van der Waals surface area contributed by atoms with Crippen molar-refractivity contribution >= 4 is 12.6 Å². The van der Waals surface area contributed by atoms with Gasteiger partial charge in [-0.05, 0) is 82.0 Å². The van der Waals surface area contributed by atoms with E-state index in [9.17, 15) is 4.39 Å². The molecule has 26 heavy (non-hydrogen) atoms. The monoisotopic (exact) mass is 359 g/mol. The summed E-state index contributed by atoms with van der Waals surface area (Å²) in [6, 6.07) is 5.28. The maximum Gasteiger partial charge on any atom is 0.494 e. The third-order valence-corrected chi connectivity index (χ3v) is 6.84. The van der Waals surface area contributed by atoms with Crippen LogP contribution in [0, 0.1) is 17.7 Å². The Morgan fingerprint density at radius 1 is 1.04 bits per heavy atom. The van der Waals surface area contributed by atoms with Gasteiger partial charge >= 0.3 is 7.12 Å². The summed E-state index contributed by atoms with van der Waals surface area (Å²) < 4.78 is 26.5. The van der Waals surface area contributed by atoms with Crippen molar-refractivity contribution in [2.45, 2.75) is 71.1 Å². The molecule has 2 bridgehead atoms. The molecule has 3 fully saturated rings. The molecule has 3 aliphatic rings. The highest BCUT2D eigenvalue weighted by Crippen LogP contribution is 2.37. The molecule has 1 aliphatic carbocycles. The van der Waals surface area contributed by atoms with Gasteiger partial charge in [-0.25, -0.2) is 4.39 Å². The predicted molar refractivity (Wildman–Crippen MR) is 103 cm³/mol. The van der Waals surface area contributed by atoms with Gasteiger partial charge in [-0.2, -0.15) is 0 Å². The maximum atomic E-state index is 14.3. The zero-order valence-electron chi connectivity index (χ0n) is 16.6. The number of hydrogen-bond donors (Lipinski definition) is 0. The molecule has 2 atom stereocenters. The first-order valence-electron chi connectivity index (χ1n) is 10.1. The molecular formula is C21H31BFNO2. The zero-order valence-corrected chi connectivity index (χ0v) is 16.6. The first kappa shape index (κ1) is 18.5. The van der Waals surface area contributed by atoms with E-state index in [2.05, 4.69) is 11.0 Å². The fraction of sp³-hybridized carbons (Fsp3) is 0.714. The van der Waals surface area contributed by atoms with Crippen molar-refractivity contribution in [3.63, 3.8) is 0 Å². The lowest BCUT2D eigenvalue weighted by Gasteiger charge is -2.41. The standard InChI is InChI=1S/C21H31BFNO2/c1-20(2)21(3,4)26-22(25-20)18-9-17(10-19(23)11-18)14-24-12-15-6-5-7-16(8-15)13-24/h9-11,15-16H,5-8,12-14H2,1-4H3. The molecule has 142 valence electrons. The second-order valence-corrected chi connectivity index (χ2v) is 9.57. The number of fused-ring (bicyclic) bond motifs is 2. The molecule has 1 saturated carbocycles. The summed E-state index contributed by atoms with van der Waals surface area (Å²) in [7, 11) is -0.504. The van der Waals surface area contributed by atoms with Crippen molar-refractivity contribution in [1.29, 1.82) is 0 Å². The lowest BCUT2D eigenvalue weighted by atomic mass is 9.77. The summed E-state index contributed by atoms with van der Waals surface area (Å²) in [5, 5.41) is 0. The first-order valence-corrected chi connectivity index (χ1v) is 10.1. The van der Waals surface area contributed by atoms with Crippen LogP contribution in [0.3, 0.4) is 0 Å². The molecule has 4 rings (SSSR count). The Labute approximate surface area is 157 Å². The highest BCUT2D eigenvalue weighted by Gasteiger charge is 2.51. The quantitative estimate of drug-likeness (QED) is 0.768. The van der Waals surface area contributed by atoms with Gasteiger partial charge in [0.2, 0.25) is 0 Å². The van der Waals surface area contributed by atoms with E-state index >= 15 is 0 Å². The molecule has 2 saturated heterocycles. The molecule has 2 aliphatic heterocycles. The topological polar surface area (TPSA) is 21.7 Å². The van der Waals surface area contributed by atoms with Gasteiger partial charge in [0.25, 0.3) is 0 Å². The number of halogens is 1. The summed E-state index contributed by atoms with van der Waals surface area (Å²) in [5.41, 5.74) is 0.994. The normalized spacial score (nSPS) is 30.6. The SMILES string of the molecule is CC1(C)OB(c2cc(F)cc(CN3CC4CCCC(C4)C3)c2)OC1(C)C. The third-order valence-electron chi connectivity index (χ3n) is 6.84. The average Bonchev–Trinajstić information content (AvgIpc) is 2.74. The third kappa shape index (κ3) is 3.58. The molecule has 1 aromatic carbocycles. The second kappa shape index (κ2) is 6.61. The lowest BCUT2D eigenvalue weighted by Crippen LogP contribution is -2.42. The highest BCUT2D eigenvalue weighted by molar-refractivity contribution is 6.62. The van der Waals surface area contributed by atoms with Crippen molar-refractivity contribution in [1.82, 2.24) is 4.90 Å². The number of hydrogen-bond acceptors (Lipinski definition) is 3. The Balaban J connectivity index is 1.50. The molecule has 0 amide bonds. The van der Waals surface area contributed by atoms with Gasteiger partial charge in [0.05, 0.1) is 11.2 Å². The van der Waals surface area contributed by atoms with Gasteiger partial charge in [0.15, 0.2) is 0 Å². The predicted octanol–water partition coefficient (Wildman–Crippen LogP) is 3.75. The van der Waals surface area contributed by atoms with Gasteiger partial charge in [-0.3, -0.25) is 4.90 Å². The molecule has 2 unspecified atom stereocenters. The minimum atomic E-state index is -0.504. The molecule has 0 N–H and O–H groups in total. The average molecular weight is 359 g/mol. The molecule has 5 heteroatoms. The zero-order chi connectivity index (χ0) is 18.5. The van der Waals surface area contributed by atoms with Crippen molar-refractivity contribution in [3.05, 3.63) is 29.6 Å². The van der Waals surface area contributed by atoms with Gasteiger partial charge in [0.1, 0.15) is 5.82 Å². The Hall–Kier alpha value is -0.905. The summed E-state index contributed by atoms with van der Waals surface area (Å²) in [6.45, 7) is 11.2. The van der Waals surface area contributed by atoms with E-state index in [1.807, 2.05) is 27.7 Å². The van der Waals surface area contributed by atoms with E-state index < -0.39 is 18.3 Å². The minimum absolute atomic E-state index is 0.204. The molecule has 0 aromatic heterocycles. The fourth-order valence-corrected chi connectivity index (χ4v) is 4.81. The molecular weight excluding hydrogens is 328 g/mol. The van der Waals surface area contributed by atoms with E-state index in [1.54, 1.807) is 12.1 Å². The van der Waals surface area contributed by atoms with Crippen LogP contribution in [0.2, 0.25) is 0 Å². The molecule has 1 aromatic rings. The van der Waals surface area contributed by atoms with Crippen LogP contribution in [0.4, 0.5) is 4.39 Å². The van der Waals surface area contributed by atoms with Crippen molar-refractivity contribution in [2.75, 3.05) is 13.1 Å². The van der Waals surface area contributed by atoms with Gasteiger partial charge in [0, 0.05) is 19.6 Å². The van der Waals surface area contributed by atoms with E-state index in [0.29, 0.717) is 0 Å². The summed E-state index contributed by atoms with van der Waals surface area (Å²) >= 11 is 0. The Kier molecular flexibility index (Phi) is 4.69. The van der Waals surface area contributed by atoms with Gasteiger partial charge in [-0.1, -0.05) is 12.5 Å². The van der Waals surface area contributed by atoms with Crippen LogP contribution in [0.1, 0.15) is 58.9 Å². The highest BCUT2D eigenvalue weighted by atomic mass is 19.1. The molecule has 0 radical (unpaired) electrons. The van der Waals surface area contributed by atoms with E-state index in [4.69, 9.17) is 9.31 Å². The van der Waals surface area contributed by atoms with E-state index in [0.717, 1.165) is 42.5 Å². The molecule has 2 heterocycles. The van der Waals surface area contributed by atoms with Crippen molar-refractivity contribution < 1.29 is 13.7 Å². The summed E-state index contributed by atoms with van der Waals surface area (Å²) in [4.78, 5) is 2.51. The largest absolute Gasteiger partial charge is 0.494 e. The van der Waals surface area contributed by atoms with Crippen molar-refractivity contribution in [2.24, 2.45) is 11.8 Å². The van der Waals surface area contributed by atoms with Gasteiger partial charge < -0.3 is 9.31 Å². The van der Waals surface area contributed by atoms with E-state index in [1.165, 1.54) is 25.7 Å². The Morgan fingerprint density at radius 2 is 1.65 bits per heavy atom. The minimum Gasteiger partial charge on any atom is -0.399 e. The summed E-state index contributed by atoms with van der Waals surface area (Å²) in [6.07, 6.45) is 5.48.